The predicted octanol–water partition coefficient (Wildman–Crippen LogP) is 1.32. The van der Waals surface area contributed by atoms with Crippen LogP contribution < -0.4 is 5.32 Å². The smallest absolute Gasteiger partial charge is 0.287 e. The van der Waals surface area contributed by atoms with E-state index in [4.69, 9.17) is 0 Å². The lowest BCUT2D eigenvalue weighted by Crippen LogP contribution is -2.48. The van der Waals surface area contributed by atoms with Crippen molar-refractivity contribution in [1.82, 2.24) is 29.7 Å². The topological polar surface area (TPSA) is 83.4 Å². The summed E-state index contributed by atoms with van der Waals surface area (Å²) in [5.74, 6) is 0.0370. The molecule has 4 heterocycles. The molecule has 0 bridgehead atoms. The van der Waals surface area contributed by atoms with Crippen LogP contribution in [0.1, 0.15) is 52.3 Å². The molecule has 2 amide bonds. The number of aromatic nitrogens is 3. The molecule has 0 spiro atoms. The van der Waals surface area contributed by atoms with Crippen molar-refractivity contribution in [3.8, 4) is 0 Å². The van der Waals surface area contributed by atoms with Crippen LogP contribution in [-0.2, 0) is 19.5 Å². The van der Waals surface area contributed by atoms with Crippen molar-refractivity contribution in [2.24, 2.45) is 0 Å². The Morgan fingerprint density at radius 2 is 1.93 bits per heavy atom. The highest BCUT2D eigenvalue weighted by atomic mass is 16.2. The molecule has 2 aliphatic heterocycles. The van der Waals surface area contributed by atoms with Crippen LogP contribution >= 0.6 is 0 Å². The number of carbonyl (C=O) groups excluding carboxylic acids is 2. The Morgan fingerprint density at radius 3 is 2.66 bits per heavy atom. The van der Waals surface area contributed by atoms with Gasteiger partial charge in [-0.2, -0.15) is 0 Å². The number of hydrogen-bond donors (Lipinski definition) is 1. The minimum absolute atomic E-state index is 0.0461. The number of nitrogens with zero attached hydrogens (tertiary/aromatic N) is 5. The highest BCUT2D eigenvalue weighted by Gasteiger charge is 2.31. The van der Waals surface area contributed by atoms with Gasteiger partial charge in [-0.15, -0.1) is 0 Å². The molecule has 0 aliphatic carbocycles. The molecular weight excluding hydrogens is 368 g/mol. The second-order valence-corrected chi connectivity index (χ2v) is 7.57. The number of piperazine rings is 1. The van der Waals surface area contributed by atoms with Crippen LogP contribution in [0.5, 0.6) is 0 Å². The maximum absolute atomic E-state index is 13.2. The maximum atomic E-state index is 13.2. The van der Waals surface area contributed by atoms with Crippen molar-refractivity contribution in [2.75, 3.05) is 32.7 Å². The van der Waals surface area contributed by atoms with Gasteiger partial charge in [0.05, 0.1) is 17.9 Å². The Labute approximate surface area is 170 Å². The van der Waals surface area contributed by atoms with Crippen molar-refractivity contribution >= 4 is 11.8 Å². The van der Waals surface area contributed by atoms with Gasteiger partial charge in [0.15, 0.2) is 5.82 Å². The van der Waals surface area contributed by atoms with Crippen molar-refractivity contribution in [2.45, 2.75) is 39.3 Å². The first-order valence-corrected chi connectivity index (χ1v) is 10.5. The fourth-order valence-corrected chi connectivity index (χ4v) is 4.06. The summed E-state index contributed by atoms with van der Waals surface area (Å²) in [6.45, 7) is 7.39. The molecular formula is C21H28N6O2. The summed E-state index contributed by atoms with van der Waals surface area (Å²) in [6, 6.07) is 5.60. The van der Waals surface area contributed by atoms with Gasteiger partial charge in [-0.05, 0) is 37.9 Å². The lowest BCUT2D eigenvalue weighted by molar-refractivity contribution is 0.0636. The van der Waals surface area contributed by atoms with Crippen LogP contribution in [0.25, 0.3) is 0 Å². The van der Waals surface area contributed by atoms with Gasteiger partial charge in [0.2, 0.25) is 0 Å². The first-order chi connectivity index (χ1) is 14.2. The van der Waals surface area contributed by atoms with Gasteiger partial charge in [-0.25, -0.2) is 4.98 Å². The fraction of sp³-hybridized carbons (Fsp3) is 0.524. The average Bonchev–Trinajstić information content (AvgIpc) is 3.17. The Kier molecular flexibility index (Phi) is 5.89. The summed E-state index contributed by atoms with van der Waals surface area (Å²) in [4.78, 5) is 39.0. The zero-order chi connectivity index (χ0) is 20.2. The van der Waals surface area contributed by atoms with Gasteiger partial charge in [0.25, 0.3) is 11.8 Å². The van der Waals surface area contributed by atoms with Gasteiger partial charge in [0, 0.05) is 38.9 Å². The largest absolute Gasteiger partial charge is 0.344 e. The van der Waals surface area contributed by atoms with E-state index in [9.17, 15) is 9.59 Å². The molecule has 2 aromatic heterocycles. The lowest BCUT2D eigenvalue weighted by atomic mass is 10.1. The Bertz CT molecular complexity index is 871. The molecule has 0 aromatic carbocycles. The summed E-state index contributed by atoms with van der Waals surface area (Å²) in [7, 11) is 0. The number of imidazole rings is 1. The Balaban J connectivity index is 1.52. The first kappa shape index (κ1) is 19.6. The molecule has 2 aliphatic rings. The number of hydrogen-bond acceptors (Lipinski definition) is 5. The number of rotatable bonds is 5. The van der Waals surface area contributed by atoms with Crippen molar-refractivity contribution < 1.29 is 9.59 Å². The molecule has 2 aromatic rings. The normalized spacial score (nSPS) is 17.1. The molecule has 1 saturated heterocycles. The predicted molar refractivity (Wildman–Crippen MR) is 109 cm³/mol. The highest BCUT2D eigenvalue weighted by molar-refractivity contribution is 5.97. The zero-order valence-electron chi connectivity index (χ0n) is 16.9. The molecule has 154 valence electrons. The number of pyridine rings is 1. The average molecular weight is 396 g/mol. The number of carbonyl (C=O) groups is 2. The van der Waals surface area contributed by atoms with Crippen LogP contribution in [0.15, 0.2) is 24.4 Å². The second-order valence-electron chi connectivity index (χ2n) is 7.57. The van der Waals surface area contributed by atoms with E-state index in [2.05, 4.69) is 27.1 Å². The molecule has 8 nitrogen and oxygen atoms in total. The van der Waals surface area contributed by atoms with Crippen LogP contribution in [0, 0.1) is 0 Å². The van der Waals surface area contributed by atoms with Crippen LogP contribution in [0.2, 0.25) is 0 Å². The van der Waals surface area contributed by atoms with Crippen LogP contribution in [0.4, 0.5) is 0 Å². The van der Waals surface area contributed by atoms with E-state index in [1.807, 2.05) is 27.7 Å². The molecule has 0 unspecified atom stereocenters. The van der Waals surface area contributed by atoms with Crippen molar-refractivity contribution in [3.63, 3.8) is 0 Å². The molecule has 29 heavy (non-hydrogen) atoms. The summed E-state index contributed by atoms with van der Waals surface area (Å²) in [5.41, 5.74) is 2.15. The van der Waals surface area contributed by atoms with E-state index in [-0.39, 0.29) is 11.8 Å². The summed E-state index contributed by atoms with van der Waals surface area (Å²) < 4.78 is 1.94. The quantitative estimate of drug-likeness (QED) is 0.824. The van der Waals surface area contributed by atoms with Gasteiger partial charge >= 0.3 is 0 Å². The summed E-state index contributed by atoms with van der Waals surface area (Å²) in [5, 5.41) is 2.89. The third-order valence-electron chi connectivity index (χ3n) is 5.79. The Hall–Kier alpha value is -2.74. The minimum atomic E-state index is -0.256. The summed E-state index contributed by atoms with van der Waals surface area (Å²) in [6.07, 6.45) is 4.50. The number of likely N-dealkylation sites (N-methyl/N-ethyl adjacent to an activating group) is 1. The van der Waals surface area contributed by atoms with Gasteiger partial charge in [-0.3, -0.25) is 14.6 Å². The van der Waals surface area contributed by atoms with Crippen LogP contribution in [0.3, 0.4) is 0 Å². The first-order valence-electron chi connectivity index (χ1n) is 10.5. The zero-order valence-corrected chi connectivity index (χ0v) is 16.9. The molecule has 0 atom stereocenters. The molecule has 4 rings (SSSR count). The molecule has 8 heteroatoms. The van der Waals surface area contributed by atoms with Crippen molar-refractivity contribution in [3.05, 3.63) is 47.3 Å². The number of nitrogens with one attached hydrogen (secondary N) is 1. The Morgan fingerprint density at radius 1 is 1.10 bits per heavy atom. The van der Waals surface area contributed by atoms with Gasteiger partial charge in [0.1, 0.15) is 5.69 Å². The van der Waals surface area contributed by atoms with E-state index in [1.54, 1.807) is 6.20 Å². The molecule has 1 fully saturated rings. The third kappa shape index (κ3) is 4.17. The van der Waals surface area contributed by atoms with E-state index in [1.165, 1.54) is 0 Å². The van der Waals surface area contributed by atoms with Crippen molar-refractivity contribution in [1.29, 1.82) is 0 Å². The number of fused-ring (bicyclic) bond motifs is 1. The van der Waals surface area contributed by atoms with Gasteiger partial charge < -0.3 is 19.7 Å². The maximum Gasteiger partial charge on any atom is 0.287 e. The van der Waals surface area contributed by atoms with E-state index < -0.39 is 0 Å². The van der Waals surface area contributed by atoms with E-state index >= 15 is 0 Å². The standard InChI is InChI=1S/C21H28N6O2/c1-2-25-11-13-26(14-12-25)21(29)18-17-8-4-6-10-27(17)19(24-18)20(28)23-15-16-7-3-5-9-22-16/h3,5,7,9H,2,4,6,8,10-15H2,1H3,(H,23,28). The molecule has 0 saturated carbocycles. The lowest BCUT2D eigenvalue weighted by Gasteiger charge is -2.33. The SMILES string of the molecule is CCN1CCN(C(=O)c2nc(C(=O)NCc3ccccn3)n3c2CCCC3)CC1. The highest BCUT2D eigenvalue weighted by Crippen LogP contribution is 2.23. The van der Waals surface area contributed by atoms with E-state index in [0.29, 0.717) is 31.2 Å². The monoisotopic (exact) mass is 396 g/mol. The summed E-state index contributed by atoms with van der Waals surface area (Å²) >= 11 is 0. The number of amides is 2. The van der Waals surface area contributed by atoms with Gasteiger partial charge in [-0.1, -0.05) is 13.0 Å². The molecule has 1 N–H and O–H groups in total. The van der Waals surface area contributed by atoms with Crippen LogP contribution in [-0.4, -0.2) is 68.9 Å². The second kappa shape index (κ2) is 8.73. The fourth-order valence-electron chi connectivity index (χ4n) is 4.06. The minimum Gasteiger partial charge on any atom is -0.344 e. The van der Waals surface area contributed by atoms with E-state index in [0.717, 1.165) is 56.8 Å². The molecule has 0 radical (unpaired) electrons. The third-order valence-corrected chi connectivity index (χ3v) is 5.79.